The van der Waals surface area contributed by atoms with Gasteiger partial charge in [0.15, 0.2) is 0 Å². The summed E-state index contributed by atoms with van der Waals surface area (Å²) in [6.45, 7) is 31.0. The fourth-order valence-corrected chi connectivity index (χ4v) is 8.46. The summed E-state index contributed by atoms with van der Waals surface area (Å²) in [4.78, 5) is 0. The van der Waals surface area contributed by atoms with Gasteiger partial charge in [-0.1, -0.05) is 83.1 Å². The van der Waals surface area contributed by atoms with Crippen LogP contribution in [0.4, 0.5) is 0 Å². The maximum absolute atomic E-state index is 6.68. The molecule has 5 rings (SSSR count). The molecule has 1 aliphatic carbocycles. The molecule has 352 valence electrons. The zero-order chi connectivity index (χ0) is 46.2. The van der Waals surface area contributed by atoms with E-state index in [-0.39, 0.29) is 23.7 Å². The van der Waals surface area contributed by atoms with E-state index in [4.69, 9.17) is 37.9 Å². The summed E-state index contributed by atoms with van der Waals surface area (Å²) in [5, 5.41) is 0. The Balaban J connectivity index is 1.99. The Morgan fingerprint density at radius 1 is 0.234 bits per heavy atom. The summed E-state index contributed by atoms with van der Waals surface area (Å²) >= 11 is 0. The third kappa shape index (κ3) is 11.9. The van der Waals surface area contributed by atoms with Crippen LogP contribution in [0.3, 0.4) is 0 Å². The van der Waals surface area contributed by atoms with Crippen molar-refractivity contribution in [2.24, 2.45) is 0 Å². The van der Waals surface area contributed by atoms with E-state index in [0.29, 0.717) is 52.9 Å². The smallest absolute Gasteiger partial charge is 0.126 e. The molecule has 4 aromatic carbocycles. The highest BCUT2D eigenvalue weighted by molar-refractivity contribution is 5.63. The van der Waals surface area contributed by atoms with Crippen molar-refractivity contribution in [3.05, 3.63) is 93.0 Å². The van der Waals surface area contributed by atoms with E-state index in [9.17, 15) is 0 Å². The summed E-state index contributed by atoms with van der Waals surface area (Å²) in [6.07, 6.45) is 7.04. The van der Waals surface area contributed by atoms with Crippen LogP contribution in [0.15, 0.2) is 48.5 Å². The van der Waals surface area contributed by atoms with Gasteiger partial charge in [0.2, 0.25) is 0 Å². The van der Waals surface area contributed by atoms with Gasteiger partial charge in [-0.3, -0.25) is 0 Å². The lowest BCUT2D eigenvalue weighted by molar-refractivity contribution is 0.291. The Morgan fingerprint density at radius 3 is 0.469 bits per heavy atom. The standard InChI is InChI=1S/C56H80O8/c1-13-21-57-49-33-50(58-22-14-2)42-29-41(49)37(9)43-30-44(52(60-24-16-4)34-51(43)59-23-15-3)39(11)47-32-48(56(64-28-20-8)36-55(47)63-27-19-7)40(12)46-31-45(38(42)10)53(61-25-17-5)35-54(46)62-26-18-6/h29-40H,13-28H2,1-12H3. The van der Waals surface area contributed by atoms with E-state index in [0.717, 1.165) is 142 Å². The van der Waals surface area contributed by atoms with E-state index < -0.39 is 0 Å². The molecule has 8 bridgehead atoms. The fourth-order valence-electron chi connectivity index (χ4n) is 8.46. The van der Waals surface area contributed by atoms with Gasteiger partial charge < -0.3 is 37.9 Å². The average molecular weight is 881 g/mol. The van der Waals surface area contributed by atoms with Crippen LogP contribution in [-0.4, -0.2) is 52.9 Å². The highest BCUT2D eigenvalue weighted by atomic mass is 16.5. The second-order valence-electron chi connectivity index (χ2n) is 17.4. The predicted molar refractivity (Wildman–Crippen MR) is 262 cm³/mol. The van der Waals surface area contributed by atoms with Gasteiger partial charge >= 0.3 is 0 Å². The Labute approximate surface area is 386 Å². The predicted octanol–water partition coefficient (Wildman–Crippen LogP) is 14.9. The zero-order valence-electron chi connectivity index (χ0n) is 41.5. The van der Waals surface area contributed by atoms with Crippen LogP contribution >= 0.6 is 0 Å². The van der Waals surface area contributed by atoms with E-state index in [1.165, 1.54) is 0 Å². The molecule has 0 atom stereocenters. The van der Waals surface area contributed by atoms with Gasteiger partial charge in [-0.2, -0.15) is 0 Å². The first-order valence-corrected chi connectivity index (χ1v) is 24.8. The van der Waals surface area contributed by atoms with Crippen LogP contribution in [0.1, 0.15) is 203 Å². The monoisotopic (exact) mass is 881 g/mol. The topological polar surface area (TPSA) is 73.8 Å². The second kappa shape index (κ2) is 25.1. The SMILES string of the molecule is CCCOc1cc(OCCC)c2cc1C(C)c1cc(c(OCCC)cc1OCCC)C(C)c1cc(c(OCCC)cc1OCCC)C(C)c1cc(c(OCCC)cc1OCCC)C2C. The Hall–Kier alpha value is -4.72. The Kier molecular flexibility index (Phi) is 19.7. The maximum Gasteiger partial charge on any atom is 0.126 e. The zero-order valence-corrected chi connectivity index (χ0v) is 41.5. The summed E-state index contributed by atoms with van der Waals surface area (Å²) in [5.74, 6) is 6.06. The lowest BCUT2D eigenvalue weighted by Crippen LogP contribution is -2.14. The minimum atomic E-state index is -0.128. The normalized spacial score (nSPS) is 16.8. The number of hydrogen-bond donors (Lipinski definition) is 0. The largest absolute Gasteiger partial charge is 0.493 e. The molecule has 4 aromatic rings. The lowest BCUT2D eigenvalue weighted by atomic mass is 9.80. The highest BCUT2D eigenvalue weighted by Crippen LogP contribution is 2.51. The van der Waals surface area contributed by atoms with Gasteiger partial charge in [0.25, 0.3) is 0 Å². The molecule has 64 heavy (non-hydrogen) atoms. The molecule has 1 aliphatic rings. The van der Waals surface area contributed by atoms with Gasteiger partial charge in [-0.05, 0) is 75.6 Å². The van der Waals surface area contributed by atoms with E-state index in [2.05, 4.69) is 132 Å². The fraction of sp³-hybridized carbons (Fsp3) is 0.571. The first-order chi connectivity index (χ1) is 31.1. The molecule has 0 saturated carbocycles. The van der Waals surface area contributed by atoms with Crippen LogP contribution in [0.2, 0.25) is 0 Å². The van der Waals surface area contributed by atoms with Crippen LogP contribution < -0.4 is 37.9 Å². The summed E-state index contributed by atoms with van der Waals surface area (Å²) in [5.41, 5.74) is 8.61. The Bertz CT molecular complexity index is 1650. The molecule has 8 heteroatoms. The van der Waals surface area contributed by atoms with Crippen molar-refractivity contribution >= 4 is 0 Å². The van der Waals surface area contributed by atoms with Crippen molar-refractivity contribution in [3.8, 4) is 46.0 Å². The van der Waals surface area contributed by atoms with Gasteiger partial charge in [-0.25, -0.2) is 0 Å². The van der Waals surface area contributed by atoms with Crippen molar-refractivity contribution < 1.29 is 37.9 Å². The van der Waals surface area contributed by atoms with Crippen molar-refractivity contribution in [2.45, 2.75) is 158 Å². The molecule has 8 nitrogen and oxygen atoms in total. The Morgan fingerprint density at radius 2 is 0.359 bits per heavy atom. The molecule has 0 aliphatic heterocycles. The van der Waals surface area contributed by atoms with Crippen molar-refractivity contribution in [3.63, 3.8) is 0 Å². The molecular formula is C56H80O8. The minimum Gasteiger partial charge on any atom is -0.493 e. The molecular weight excluding hydrogens is 801 g/mol. The first kappa shape index (κ1) is 50.3. The molecule has 0 spiro atoms. The molecule has 0 N–H and O–H groups in total. The average Bonchev–Trinajstić information content (AvgIpc) is 3.31. The third-order valence-electron chi connectivity index (χ3n) is 12.0. The number of fused-ring (bicyclic) bond motifs is 8. The maximum atomic E-state index is 6.68. The third-order valence-corrected chi connectivity index (χ3v) is 12.0. The van der Waals surface area contributed by atoms with Gasteiger partial charge in [-0.15, -0.1) is 0 Å². The lowest BCUT2D eigenvalue weighted by Gasteiger charge is -2.29. The van der Waals surface area contributed by atoms with Gasteiger partial charge in [0.05, 0.1) is 52.9 Å². The van der Waals surface area contributed by atoms with Crippen LogP contribution in [0, 0.1) is 0 Å². The number of hydrogen-bond acceptors (Lipinski definition) is 8. The number of ether oxygens (including phenoxy) is 8. The van der Waals surface area contributed by atoms with Crippen LogP contribution in [0.25, 0.3) is 0 Å². The first-order valence-electron chi connectivity index (χ1n) is 24.8. The van der Waals surface area contributed by atoms with Crippen molar-refractivity contribution in [2.75, 3.05) is 52.9 Å². The minimum absolute atomic E-state index is 0.128. The van der Waals surface area contributed by atoms with Crippen molar-refractivity contribution in [1.29, 1.82) is 0 Å². The molecule has 0 heterocycles. The molecule has 0 fully saturated rings. The summed E-state index contributed by atoms with van der Waals surface area (Å²) in [7, 11) is 0. The molecule has 0 amide bonds. The van der Waals surface area contributed by atoms with E-state index in [1.807, 2.05) is 0 Å². The van der Waals surface area contributed by atoms with Crippen LogP contribution in [-0.2, 0) is 0 Å². The van der Waals surface area contributed by atoms with Gasteiger partial charge in [0, 0.05) is 92.4 Å². The van der Waals surface area contributed by atoms with E-state index >= 15 is 0 Å². The summed E-state index contributed by atoms with van der Waals surface area (Å²) in [6, 6.07) is 17.9. The van der Waals surface area contributed by atoms with Gasteiger partial charge in [0.1, 0.15) is 46.0 Å². The highest BCUT2D eigenvalue weighted by Gasteiger charge is 2.32. The molecule has 0 saturated heterocycles. The van der Waals surface area contributed by atoms with Crippen LogP contribution in [0.5, 0.6) is 46.0 Å². The molecule has 0 unspecified atom stereocenters. The van der Waals surface area contributed by atoms with Crippen molar-refractivity contribution in [1.82, 2.24) is 0 Å². The van der Waals surface area contributed by atoms with E-state index in [1.54, 1.807) is 0 Å². The second-order valence-corrected chi connectivity index (χ2v) is 17.4. The number of benzene rings is 4. The summed E-state index contributed by atoms with van der Waals surface area (Å²) < 4.78 is 53.5. The number of rotatable bonds is 24. The molecule has 0 radical (unpaired) electrons. The molecule has 0 aromatic heterocycles. The quantitative estimate of drug-likeness (QED) is 0.0689.